The van der Waals surface area contributed by atoms with Crippen LogP contribution in [0.3, 0.4) is 0 Å². The van der Waals surface area contributed by atoms with Crippen molar-refractivity contribution in [2.75, 3.05) is 0 Å². The smallest absolute Gasteiger partial charge is 0.246 e. The zero-order chi connectivity index (χ0) is 16.4. The fourth-order valence-corrected chi connectivity index (χ4v) is 2.51. The van der Waals surface area contributed by atoms with Gasteiger partial charge in [-0.05, 0) is 49.2 Å². The molecule has 3 nitrogen and oxygen atoms in total. The molecule has 2 aromatic carbocycles. The topological polar surface area (TPSA) is 31.4 Å². The van der Waals surface area contributed by atoms with E-state index >= 15 is 0 Å². The maximum atomic E-state index is 5.55. The third-order valence-electron chi connectivity index (χ3n) is 3.57. The average molecular weight is 307 g/mol. The standard InChI is InChI=1S/C10H9N.C10H12O2/c1-8-4-5-9-3-2-6-11-10(9)7-8;1-7-4-5-8-9(6-7)12-10(2,3)11-8/h2-7H,1H3;4-6H,1-3H3. The number of ether oxygens (including phenoxy) is 2. The van der Waals surface area contributed by atoms with E-state index in [2.05, 4.69) is 36.2 Å². The molecule has 0 amide bonds. The summed E-state index contributed by atoms with van der Waals surface area (Å²) in [6.45, 7) is 7.92. The predicted octanol–water partition coefficient (Wildman–Crippen LogP) is 5.05. The molecule has 1 aliphatic rings. The molecule has 3 aromatic rings. The first-order valence-electron chi connectivity index (χ1n) is 7.73. The van der Waals surface area contributed by atoms with Crippen molar-refractivity contribution in [1.29, 1.82) is 0 Å². The Labute approximate surface area is 136 Å². The van der Waals surface area contributed by atoms with Gasteiger partial charge in [0.2, 0.25) is 5.79 Å². The Morgan fingerprint density at radius 2 is 1.52 bits per heavy atom. The van der Waals surface area contributed by atoms with E-state index in [0.717, 1.165) is 17.0 Å². The van der Waals surface area contributed by atoms with Crippen LogP contribution in [-0.2, 0) is 0 Å². The molecule has 118 valence electrons. The summed E-state index contributed by atoms with van der Waals surface area (Å²) in [5.41, 5.74) is 3.53. The number of nitrogens with zero attached hydrogens (tertiary/aromatic N) is 1. The Balaban J connectivity index is 0.000000136. The maximum absolute atomic E-state index is 5.55. The van der Waals surface area contributed by atoms with Gasteiger partial charge >= 0.3 is 0 Å². The second-order valence-corrected chi connectivity index (χ2v) is 6.25. The van der Waals surface area contributed by atoms with Crippen molar-refractivity contribution in [2.24, 2.45) is 0 Å². The molecule has 0 N–H and O–H groups in total. The van der Waals surface area contributed by atoms with Gasteiger partial charge in [0.05, 0.1) is 5.52 Å². The second kappa shape index (κ2) is 5.92. The van der Waals surface area contributed by atoms with Crippen molar-refractivity contribution in [3.05, 3.63) is 65.9 Å². The molecule has 3 heteroatoms. The van der Waals surface area contributed by atoms with Crippen LogP contribution in [0.4, 0.5) is 0 Å². The van der Waals surface area contributed by atoms with Crippen molar-refractivity contribution in [1.82, 2.24) is 4.98 Å². The number of hydrogen-bond acceptors (Lipinski definition) is 3. The Morgan fingerprint density at radius 3 is 2.35 bits per heavy atom. The van der Waals surface area contributed by atoms with Crippen LogP contribution in [0.2, 0.25) is 0 Å². The molecule has 4 rings (SSSR count). The van der Waals surface area contributed by atoms with Gasteiger partial charge in [0, 0.05) is 25.4 Å². The average Bonchev–Trinajstić information content (AvgIpc) is 2.81. The molecule has 0 aliphatic carbocycles. The van der Waals surface area contributed by atoms with Gasteiger partial charge in [-0.1, -0.05) is 24.3 Å². The number of aromatic nitrogens is 1. The second-order valence-electron chi connectivity index (χ2n) is 6.25. The molecular weight excluding hydrogens is 286 g/mol. The van der Waals surface area contributed by atoms with Crippen LogP contribution in [-0.4, -0.2) is 10.8 Å². The number of aryl methyl sites for hydroxylation is 2. The molecule has 1 aliphatic heterocycles. The number of benzene rings is 2. The van der Waals surface area contributed by atoms with E-state index in [1.807, 2.05) is 51.2 Å². The van der Waals surface area contributed by atoms with E-state index in [-0.39, 0.29) is 0 Å². The third-order valence-corrected chi connectivity index (χ3v) is 3.57. The molecule has 0 spiro atoms. The molecule has 23 heavy (non-hydrogen) atoms. The molecule has 0 bridgehead atoms. The highest BCUT2D eigenvalue weighted by Crippen LogP contribution is 2.39. The van der Waals surface area contributed by atoms with Crippen molar-refractivity contribution in [3.8, 4) is 11.5 Å². The van der Waals surface area contributed by atoms with Gasteiger partial charge < -0.3 is 9.47 Å². The van der Waals surface area contributed by atoms with Gasteiger partial charge in [0.1, 0.15) is 0 Å². The first kappa shape index (κ1) is 15.3. The summed E-state index contributed by atoms with van der Waals surface area (Å²) in [4.78, 5) is 4.24. The van der Waals surface area contributed by atoms with E-state index in [1.54, 1.807) is 0 Å². The summed E-state index contributed by atoms with van der Waals surface area (Å²) in [6.07, 6.45) is 1.82. The van der Waals surface area contributed by atoms with Crippen molar-refractivity contribution >= 4 is 10.9 Å². The van der Waals surface area contributed by atoms with Crippen LogP contribution in [0.25, 0.3) is 10.9 Å². The summed E-state index contributed by atoms with van der Waals surface area (Å²) in [6, 6.07) is 16.3. The lowest BCUT2D eigenvalue weighted by atomic mass is 10.1. The van der Waals surface area contributed by atoms with Gasteiger partial charge in [-0.15, -0.1) is 0 Å². The fraction of sp³-hybridized carbons (Fsp3) is 0.250. The summed E-state index contributed by atoms with van der Waals surface area (Å²) in [5.74, 6) is 1.18. The lowest BCUT2D eigenvalue weighted by Crippen LogP contribution is -2.29. The first-order valence-corrected chi connectivity index (χ1v) is 7.73. The molecule has 2 heterocycles. The van der Waals surface area contributed by atoms with Crippen LogP contribution in [0.1, 0.15) is 25.0 Å². The van der Waals surface area contributed by atoms with Gasteiger partial charge in [0.15, 0.2) is 11.5 Å². The van der Waals surface area contributed by atoms with E-state index in [9.17, 15) is 0 Å². The minimum Gasteiger partial charge on any atom is -0.449 e. The highest BCUT2D eigenvalue weighted by Gasteiger charge is 2.31. The third kappa shape index (κ3) is 3.62. The van der Waals surface area contributed by atoms with Crippen LogP contribution < -0.4 is 9.47 Å². The molecule has 0 saturated carbocycles. The number of hydrogen-bond donors (Lipinski definition) is 0. The summed E-state index contributed by atoms with van der Waals surface area (Å²) < 4.78 is 11.1. The number of pyridine rings is 1. The first-order chi connectivity index (χ1) is 10.9. The summed E-state index contributed by atoms with van der Waals surface area (Å²) in [5, 5.41) is 1.21. The van der Waals surface area contributed by atoms with Crippen LogP contribution >= 0.6 is 0 Å². The summed E-state index contributed by atoms with van der Waals surface area (Å²) >= 11 is 0. The predicted molar refractivity (Wildman–Crippen MR) is 93.0 cm³/mol. The monoisotopic (exact) mass is 307 g/mol. The van der Waals surface area contributed by atoms with Gasteiger partial charge in [-0.3, -0.25) is 4.98 Å². The van der Waals surface area contributed by atoms with Crippen molar-refractivity contribution in [2.45, 2.75) is 33.5 Å². The molecule has 0 radical (unpaired) electrons. The molecule has 0 fully saturated rings. The maximum Gasteiger partial charge on any atom is 0.246 e. The van der Waals surface area contributed by atoms with E-state index in [4.69, 9.17) is 9.47 Å². The molecule has 0 saturated heterocycles. The highest BCUT2D eigenvalue weighted by atomic mass is 16.7. The largest absolute Gasteiger partial charge is 0.449 e. The van der Waals surface area contributed by atoms with Crippen LogP contribution in [0, 0.1) is 13.8 Å². The Kier molecular flexibility index (Phi) is 3.95. The lowest BCUT2D eigenvalue weighted by Gasteiger charge is -2.16. The molecule has 1 aromatic heterocycles. The Bertz CT molecular complexity index is 840. The zero-order valence-electron chi connectivity index (χ0n) is 14.0. The van der Waals surface area contributed by atoms with E-state index in [1.165, 1.54) is 16.5 Å². The normalized spacial score (nSPS) is 14.3. The van der Waals surface area contributed by atoms with Gasteiger partial charge in [0.25, 0.3) is 0 Å². The molecular formula is C20H21NO2. The highest BCUT2D eigenvalue weighted by molar-refractivity contribution is 5.78. The Hall–Kier alpha value is -2.55. The van der Waals surface area contributed by atoms with Crippen LogP contribution in [0.5, 0.6) is 11.5 Å². The summed E-state index contributed by atoms with van der Waals surface area (Å²) in [7, 11) is 0. The SMILES string of the molecule is Cc1ccc2c(c1)OC(C)(C)O2.Cc1ccc2cccnc2c1. The van der Waals surface area contributed by atoms with Crippen molar-refractivity contribution < 1.29 is 9.47 Å². The fourth-order valence-electron chi connectivity index (χ4n) is 2.51. The minimum absolute atomic E-state index is 0.504. The quantitative estimate of drug-likeness (QED) is 0.582. The van der Waals surface area contributed by atoms with E-state index < -0.39 is 5.79 Å². The van der Waals surface area contributed by atoms with E-state index in [0.29, 0.717) is 0 Å². The minimum atomic E-state index is -0.504. The molecule has 0 atom stereocenters. The molecule has 0 unspecified atom stereocenters. The van der Waals surface area contributed by atoms with Crippen molar-refractivity contribution in [3.63, 3.8) is 0 Å². The van der Waals surface area contributed by atoms with Gasteiger partial charge in [-0.2, -0.15) is 0 Å². The Morgan fingerprint density at radius 1 is 0.826 bits per heavy atom. The van der Waals surface area contributed by atoms with Crippen LogP contribution in [0.15, 0.2) is 54.7 Å². The number of rotatable bonds is 0. The van der Waals surface area contributed by atoms with Gasteiger partial charge in [-0.25, -0.2) is 0 Å². The lowest BCUT2D eigenvalue weighted by molar-refractivity contribution is -0.0431. The number of fused-ring (bicyclic) bond motifs is 2. The zero-order valence-corrected chi connectivity index (χ0v) is 14.0.